The van der Waals surface area contributed by atoms with Crippen molar-refractivity contribution in [3.05, 3.63) is 24.3 Å². The molecule has 2 saturated carbocycles. The number of H-pyrrole nitrogens is 1. The average Bonchev–Trinajstić information content (AvgIpc) is 3.03. The molecule has 0 saturated heterocycles. The van der Waals surface area contributed by atoms with Crippen LogP contribution in [0.4, 0.5) is 0 Å². The molecule has 5 rings (SSSR count). The third-order valence-electron chi connectivity index (χ3n) is 5.78. The molecule has 7 nitrogen and oxygen atoms in total. The molecule has 0 aromatic carbocycles. The van der Waals surface area contributed by atoms with Crippen molar-refractivity contribution in [3.8, 4) is 0 Å². The van der Waals surface area contributed by atoms with Crippen LogP contribution in [0.25, 0.3) is 16.8 Å². The van der Waals surface area contributed by atoms with E-state index in [1.54, 1.807) is 6.20 Å². The van der Waals surface area contributed by atoms with Gasteiger partial charge in [0.05, 0.1) is 22.7 Å². The summed E-state index contributed by atoms with van der Waals surface area (Å²) in [5.74, 6) is 2.11. The van der Waals surface area contributed by atoms with Gasteiger partial charge in [0, 0.05) is 12.1 Å². The van der Waals surface area contributed by atoms with Crippen molar-refractivity contribution in [2.24, 2.45) is 11.8 Å². The summed E-state index contributed by atoms with van der Waals surface area (Å²) in [6.45, 7) is 2.20. The maximum absolute atomic E-state index is 12.4. The smallest absolute Gasteiger partial charge is 0.179 e. The van der Waals surface area contributed by atoms with E-state index in [4.69, 9.17) is 0 Å². The van der Waals surface area contributed by atoms with E-state index < -0.39 is 9.84 Å². The van der Waals surface area contributed by atoms with Gasteiger partial charge in [-0.05, 0) is 43.6 Å². The summed E-state index contributed by atoms with van der Waals surface area (Å²) >= 11 is 0. The van der Waals surface area contributed by atoms with Crippen LogP contribution in [0, 0.1) is 11.8 Å². The Morgan fingerprint density at radius 1 is 1.28 bits per heavy atom. The van der Waals surface area contributed by atoms with Gasteiger partial charge in [0.15, 0.2) is 21.1 Å². The lowest BCUT2D eigenvalue weighted by Crippen LogP contribution is -2.18. The highest BCUT2D eigenvalue weighted by molar-refractivity contribution is 7.92. The van der Waals surface area contributed by atoms with Crippen LogP contribution < -0.4 is 0 Å². The van der Waals surface area contributed by atoms with Crippen LogP contribution in [0.2, 0.25) is 0 Å². The zero-order valence-corrected chi connectivity index (χ0v) is 14.9. The molecule has 2 aliphatic rings. The summed E-state index contributed by atoms with van der Waals surface area (Å²) in [5, 5.41) is 8.66. The van der Waals surface area contributed by atoms with Crippen molar-refractivity contribution >= 4 is 26.6 Å². The Hall–Kier alpha value is -1.96. The van der Waals surface area contributed by atoms with Crippen LogP contribution in [0.3, 0.4) is 0 Å². The lowest BCUT2D eigenvalue weighted by atomic mass is 9.97. The highest BCUT2D eigenvalue weighted by atomic mass is 32.2. The zero-order chi connectivity index (χ0) is 17.2. The molecule has 0 bridgehead atoms. The largest absolute Gasteiger partial charge is 0.345 e. The van der Waals surface area contributed by atoms with Crippen molar-refractivity contribution in [1.82, 2.24) is 24.6 Å². The summed E-state index contributed by atoms with van der Waals surface area (Å²) in [6, 6.07) is 1.98. The summed E-state index contributed by atoms with van der Waals surface area (Å²) in [4.78, 5) is 7.48. The number of nitrogens with zero attached hydrogens (tertiary/aromatic N) is 4. The zero-order valence-electron chi connectivity index (χ0n) is 14.1. The summed E-state index contributed by atoms with van der Waals surface area (Å²) < 4.78 is 26.8. The molecule has 3 atom stereocenters. The monoisotopic (exact) mass is 359 g/mol. The minimum absolute atomic E-state index is 0.0682. The van der Waals surface area contributed by atoms with Crippen LogP contribution in [0.5, 0.6) is 0 Å². The molecule has 25 heavy (non-hydrogen) atoms. The second kappa shape index (κ2) is 5.27. The van der Waals surface area contributed by atoms with Gasteiger partial charge in [-0.2, -0.15) is 0 Å². The number of hydrogen-bond acceptors (Lipinski definition) is 5. The SMILES string of the molecule is C[C@H]1C[C@@H](CS(=O)(=O)C2CC2)C[C@H]1c1nnc2cnc3[nH]ccc3n12. The van der Waals surface area contributed by atoms with Gasteiger partial charge in [-0.3, -0.25) is 4.40 Å². The highest BCUT2D eigenvalue weighted by Gasteiger charge is 2.41. The van der Waals surface area contributed by atoms with Crippen LogP contribution in [-0.2, 0) is 9.84 Å². The second-order valence-corrected chi connectivity index (χ2v) is 10.00. The second-order valence-electron chi connectivity index (χ2n) is 7.67. The van der Waals surface area contributed by atoms with Crippen molar-refractivity contribution in [2.75, 3.05) is 5.75 Å². The molecule has 132 valence electrons. The Balaban J connectivity index is 1.49. The predicted octanol–water partition coefficient (Wildman–Crippen LogP) is 2.31. The van der Waals surface area contributed by atoms with E-state index in [2.05, 4.69) is 31.5 Å². The van der Waals surface area contributed by atoms with Crippen molar-refractivity contribution in [1.29, 1.82) is 0 Å². The minimum atomic E-state index is -2.91. The van der Waals surface area contributed by atoms with E-state index in [1.165, 1.54) is 0 Å². The topological polar surface area (TPSA) is 93.0 Å². The first-order valence-corrected chi connectivity index (χ1v) is 10.6. The van der Waals surface area contributed by atoms with Crippen LogP contribution >= 0.6 is 0 Å². The fraction of sp³-hybridized carbons (Fsp3) is 0.588. The van der Waals surface area contributed by atoms with Crippen LogP contribution in [0.15, 0.2) is 18.5 Å². The third kappa shape index (κ3) is 2.46. The summed E-state index contributed by atoms with van der Waals surface area (Å²) in [6.07, 6.45) is 7.09. The van der Waals surface area contributed by atoms with Gasteiger partial charge in [-0.25, -0.2) is 13.4 Å². The van der Waals surface area contributed by atoms with Crippen molar-refractivity contribution in [2.45, 2.75) is 43.8 Å². The van der Waals surface area contributed by atoms with Gasteiger partial charge >= 0.3 is 0 Å². The third-order valence-corrected chi connectivity index (χ3v) is 8.20. The van der Waals surface area contributed by atoms with E-state index in [-0.39, 0.29) is 17.1 Å². The fourth-order valence-electron chi connectivity index (χ4n) is 4.40. The standard InChI is InChI=1S/C17H21N5O2S/c1-10-6-11(9-25(23,24)12-2-3-12)7-13(10)17-21-20-15-8-19-16-14(22(15)17)4-5-18-16/h4-5,8,10-13,18H,2-3,6-7,9H2,1H3/t10-,11+,13+/m0/s1. The number of rotatable bonds is 4. The first-order chi connectivity index (χ1) is 12.0. The quantitative estimate of drug-likeness (QED) is 0.771. The Morgan fingerprint density at radius 2 is 2.12 bits per heavy atom. The highest BCUT2D eigenvalue weighted by Crippen LogP contribution is 2.44. The fourth-order valence-corrected chi connectivity index (χ4v) is 6.46. The Morgan fingerprint density at radius 3 is 2.92 bits per heavy atom. The van der Waals surface area contributed by atoms with Crippen molar-refractivity contribution < 1.29 is 8.42 Å². The van der Waals surface area contributed by atoms with Crippen LogP contribution in [0.1, 0.15) is 44.3 Å². The number of sulfone groups is 1. The van der Waals surface area contributed by atoms with Gasteiger partial charge in [-0.1, -0.05) is 6.92 Å². The van der Waals surface area contributed by atoms with Gasteiger partial charge < -0.3 is 4.98 Å². The predicted molar refractivity (Wildman–Crippen MR) is 94.1 cm³/mol. The van der Waals surface area contributed by atoms with E-state index in [9.17, 15) is 8.42 Å². The first-order valence-electron chi connectivity index (χ1n) is 8.91. The maximum atomic E-state index is 12.4. The molecule has 0 aliphatic heterocycles. The van der Waals surface area contributed by atoms with Gasteiger partial charge in [0.1, 0.15) is 5.82 Å². The number of aromatic amines is 1. The molecular weight excluding hydrogens is 338 g/mol. The Bertz CT molecular complexity index is 1050. The van der Waals surface area contributed by atoms with Crippen LogP contribution in [-0.4, -0.2) is 44.0 Å². The molecule has 1 N–H and O–H groups in total. The molecule has 3 aromatic rings. The number of hydrogen-bond donors (Lipinski definition) is 1. The van der Waals surface area contributed by atoms with Gasteiger partial charge in [-0.15, -0.1) is 10.2 Å². The Kier molecular flexibility index (Phi) is 3.22. The van der Waals surface area contributed by atoms with E-state index in [0.29, 0.717) is 11.7 Å². The van der Waals surface area contributed by atoms with Gasteiger partial charge in [0.2, 0.25) is 0 Å². The molecule has 2 fully saturated rings. The van der Waals surface area contributed by atoms with E-state index in [0.717, 1.165) is 48.3 Å². The molecule has 3 heterocycles. The molecule has 2 aliphatic carbocycles. The van der Waals surface area contributed by atoms with E-state index in [1.807, 2.05) is 12.3 Å². The van der Waals surface area contributed by atoms with Crippen molar-refractivity contribution in [3.63, 3.8) is 0 Å². The lowest BCUT2D eigenvalue weighted by Gasteiger charge is -2.13. The molecule has 0 radical (unpaired) electrons. The molecule has 0 amide bonds. The molecular formula is C17H21N5O2S. The average molecular weight is 359 g/mol. The first kappa shape index (κ1) is 15.3. The summed E-state index contributed by atoms with van der Waals surface area (Å²) in [7, 11) is -2.91. The van der Waals surface area contributed by atoms with Gasteiger partial charge in [0.25, 0.3) is 0 Å². The molecule has 0 unspecified atom stereocenters. The lowest BCUT2D eigenvalue weighted by molar-refractivity contribution is 0.504. The molecule has 8 heteroatoms. The minimum Gasteiger partial charge on any atom is -0.345 e. The van der Waals surface area contributed by atoms with E-state index >= 15 is 0 Å². The summed E-state index contributed by atoms with van der Waals surface area (Å²) in [5.41, 5.74) is 2.52. The molecule has 0 spiro atoms. The maximum Gasteiger partial charge on any atom is 0.179 e. The number of aromatic nitrogens is 5. The Labute approximate surface area is 145 Å². The number of nitrogens with one attached hydrogen (secondary N) is 1. The normalized spacial score (nSPS) is 27.5. The number of fused-ring (bicyclic) bond motifs is 3. The molecule has 3 aromatic heterocycles.